The van der Waals surface area contributed by atoms with E-state index < -0.39 is 13.3 Å². The first-order valence-electron chi connectivity index (χ1n) is 15.7. The molecule has 0 fully saturated rings. The van der Waals surface area contributed by atoms with Crippen molar-refractivity contribution in [3.63, 3.8) is 0 Å². The van der Waals surface area contributed by atoms with E-state index in [1.54, 1.807) is 12.3 Å². The van der Waals surface area contributed by atoms with Crippen molar-refractivity contribution in [3.8, 4) is 33.6 Å². The molecule has 5 aromatic carbocycles. The van der Waals surface area contributed by atoms with Gasteiger partial charge in [-0.2, -0.15) is 0 Å². The average molecular weight is 866 g/mol. The Morgan fingerprint density at radius 2 is 1.42 bits per heavy atom. The Bertz CT molecular complexity index is 2370. The van der Waals surface area contributed by atoms with Gasteiger partial charge in [-0.25, -0.2) is 0 Å². The van der Waals surface area contributed by atoms with Crippen molar-refractivity contribution in [2.75, 3.05) is 0 Å². The molecule has 0 aliphatic rings. The third-order valence-electron chi connectivity index (χ3n) is 8.40. The minimum absolute atomic E-state index is 0. The SMILES string of the molecule is Cc1cc(-c2[c-]cccc2)nc[c]1[Ge]([CH3])([CH3])[CH3].Fc1c(-c2cc3ccccc3cn2)[c-]cc2oc3cc(-c4ccccc4)ccc3c12.[Ir]. The first kappa shape index (κ1) is 33.5. The van der Waals surface area contributed by atoms with Crippen molar-refractivity contribution in [1.29, 1.82) is 0 Å². The van der Waals surface area contributed by atoms with Gasteiger partial charge >= 0.3 is 106 Å². The number of benzene rings is 5. The fraction of sp³-hybridized carbons (Fsp3) is 0.0952. The van der Waals surface area contributed by atoms with Gasteiger partial charge in [0, 0.05) is 37.5 Å². The largest absolute Gasteiger partial charge is 0.500 e. The van der Waals surface area contributed by atoms with Gasteiger partial charge in [-0.05, 0) is 39.0 Å². The Morgan fingerprint density at radius 1 is 0.688 bits per heavy atom. The number of pyridine rings is 2. The fourth-order valence-corrected chi connectivity index (χ4v) is 9.61. The second kappa shape index (κ2) is 14.0. The quantitative estimate of drug-likeness (QED) is 0.131. The summed E-state index contributed by atoms with van der Waals surface area (Å²) in [5.74, 6) is 6.84. The molecule has 48 heavy (non-hydrogen) atoms. The van der Waals surface area contributed by atoms with Gasteiger partial charge in [-0.1, -0.05) is 78.4 Å². The molecular formula is C42H33FGeIrN2O-2. The third kappa shape index (κ3) is 6.77. The summed E-state index contributed by atoms with van der Waals surface area (Å²) in [6.07, 6.45) is 3.84. The Morgan fingerprint density at radius 3 is 2.15 bits per heavy atom. The predicted molar refractivity (Wildman–Crippen MR) is 195 cm³/mol. The number of aryl methyl sites for hydroxylation is 1. The van der Waals surface area contributed by atoms with Crippen LogP contribution in [0.2, 0.25) is 17.3 Å². The molecule has 8 rings (SSSR count). The summed E-state index contributed by atoms with van der Waals surface area (Å²) in [7, 11) is 0. The molecule has 8 aromatic rings. The van der Waals surface area contributed by atoms with Crippen molar-refractivity contribution in [2.45, 2.75) is 24.2 Å². The predicted octanol–water partition coefficient (Wildman–Crippen LogP) is 10.8. The Balaban J connectivity index is 0.000000191. The van der Waals surface area contributed by atoms with E-state index in [-0.39, 0.29) is 25.9 Å². The van der Waals surface area contributed by atoms with Crippen LogP contribution < -0.4 is 4.40 Å². The van der Waals surface area contributed by atoms with E-state index in [0.717, 1.165) is 38.5 Å². The fourth-order valence-electron chi connectivity index (χ4n) is 6.03. The molecule has 6 heteroatoms. The Hall–Kier alpha value is -4.42. The smallest absolute Gasteiger partial charge is 0.121 e. The molecule has 0 atom stereocenters. The zero-order valence-electron chi connectivity index (χ0n) is 27.1. The van der Waals surface area contributed by atoms with Crippen LogP contribution in [0.3, 0.4) is 0 Å². The number of hydrogen-bond acceptors (Lipinski definition) is 3. The molecule has 0 aliphatic heterocycles. The Kier molecular flexibility index (Phi) is 9.75. The van der Waals surface area contributed by atoms with E-state index in [1.807, 2.05) is 97.1 Å². The standard InChI is InChI=1S/C27H15FNO.C15H18GeN.Ir/c28-27-21(23-14-18-8-4-5-9-20(18)16-29-23)12-13-24-26(27)22-11-10-19(15-25(22)30-24)17-6-2-1-3-7-17;1-12-10-15(13-8-6-5-7-9-13)17-11-14(12)16(2,3)4;/h1-11,13-16H;5-8,10-11H,1-4H3;/q2*-1;. The number of aromatic nitrogens is 2. The van der Waals surface area contributed by atoms with Gasteiger partial charge in [0.05, 0.1) is 5.58 Å². The zero-order chi connectivity index (χ0) is 32.5. The summed E-state index contributed by atoms with van der Waals surface area (Å²) in [5.41, 5.74) is 7.64. The molecule has 0 spiro atoms. The van der Waals surface area contributed by atoms with E-state index in [4.69, 9.17) is 4.42 Å². The molecular weight excluding hydrogens is 832 g/mol. The summed E-state index contributed by atoms with van der Waals surface area (Å²) in [4.78, 5) is 9.05. The van der Waals surface area contributed by atoms with Gasteiger partial charge < -0.3 is 9.40 Å². The monoisotopic (exact) mass is 867 g/mol. The first-order chi connectivity index (χ1) is 22.8. The minimum Gasteiger partial charge on any atom is -0.500 e. The van der Waals surface area contributed by atoms with E-state index >= 15 is 4.39 Å². The molecule has 0 saturated heterocycles. The van der Waals surface area contributed by atoms with Crippen LogP contribution in [0.25, 0.3) is 66.4 Å². The molecule has 3 nitrogen and oxygen atoms in total. The third-order valence-corrected chi connectivity index (χ3v) is 12.9. The summed E-state index contributed by atoms with van der Waals surface area (Å²) in [6, 6.07) is 43.9. The molecule has 0 aliphatic carbocycles. The van der Waals surface area contributed by atoms with E-state index in [1.165, 1.54) is 9.96 Å². The van der Waals surface area contributed by atoms with Crippen LogP contribution in [0.1, 0.15) is 5.56 Å². The van der Waals surface area contributed by atoms with Crippen molar-refractivity contribution >= 4 is 50.4 Å². The number of fused-ring (bicyclic) bond motifs is 4. The number of furan rings is 1. The molecule has 0 saturated carbocycles. The molecule has 3 aromatic heterocycles. The maximum Gasteiger partial charge on any atom is 0.121 e. The van der Waals surface area contributed by atoms with Crippen LogP contribution in [0.15, 0.2) is 132 Å². The van der Waals surface area contributed by atoms with Crippen molar-refractivity contribution < 1.29 is 28.9 Å². The normalized spacial score (nSPS) is 11.3. The number of nitrogens with zero attached hydrogens (tertiary/aromatic N) is 2. The van der Waals surface area contributed by atoms with Gasteiger partial charge in [0.1, 0.15) is 5.58 Å². The van der Waals surface area contributed by atoms with Crippen LogP contribution in [-0.2, 0) is 20.1 Å². The topological polar surface area (TPSA) is 38.9 Å². The summed E-state index contributed by atoms with van der Waals surface area (Å²) < 4.78 is 23.1. The number of hydrogen-bond donors (Lipinski definition) is 0. The Labute approximate surface area is 296 Å². The van der Waals surface area contributed by atoms with Gasteiger partial charge in [-0.15, -0.1) is 12.1 Å². The van der Waals surface area contributed by atoms with Crippen LogP contribution in [0, 0.1) is 24.9 Å². The molecule has 0 N–H and O–H groups in total. The molecule has 239 valence electrons. The van der Waals surface area contributed by atoms with Crippen molar-refractivity contribution in [2.24, 2.45) is 0 Å². The van der Waals surface area contributed by atoms with Gasteiger partial charge in [-0.3, -0.25) is 4.39 Å². The average Bonchev–Trinajstić information content (AvgIpc) is 3.47. The zero-order valence-corrected chi connectivity index (χ0v) is 31.6. The molecule has 1 radical (unpaired) electrons. The second-order valence-electron chi connectivity index (χ2n) is 12.7. The van der Waals surface area contributed by atoms with Gasteiger partial charge in [0.2, 0.25) is 0 Å². The molecule has 3 heterocycles. The van der Waals surface area contributed by atoms with Gasteiger partial charge in [0.15, 0.2) is 0 Å². The van der Waals surface area contributed by atoms with Gasteiger partial charge in [0.25, 0.3) is 0 Å². The van der Waals surface area contributed by atoms with Crippen molar-refractivity contribution in [1.82, 2.24) is 9.97 Å². The second-order valence-corrected chi connectivity index (χ2v) is 23.3. The molecule has 0 unspecified atom stereocenters. The van der Waals surface area contributed by atoms with E-state index in [2.05, 4.69) is 64.6 Å². The maximum absolute atomic E-state index is 15.6. The van der Waals surface area contributed by atoms with Crippen molar-refractivity contribution in [3.05, 3.63) is 151 Å². The molecule has 0 amide bonds. The maximum atomic E-state index is 15.6. The number of halogens is 1. The van der Waals surface area contributed by atoms with E-state index in [0.29, 0.717) is 27.8 Å². The van der Waals surface area contributed by atoms with E-state index in [9.17, 15) is 0 Å². The van der Waals surface area contributed by atoms with Crippen LogP contribution in [0.5, 0.6) is 0 Å². The number of rotatable bonds is 4. The summed E-state index contributed by atoms with van der Waals surface area (Å²) >= 11 is -1.77. The minimum atomic E-state index is -1.77. The molecule has 0 bridgehead atoms. The summed E-state index contributed by atoms with van der Waals surface area (Å²) in [6.45, 7) is 2.19. The summed E-state index contributed by atoms with van der Waals surface area (Å²) in [5, 5.41) is 3.25. The van der Waals surface area contributed by atoms with Crippen LogP contribution in [0.4, 0.5) is 4.39 Å². The van der Waals surface area contributed by atoms with Crippen LogP contribution in [-0.4, -0.2) is 23.2 Å². The first-order valence-corrected chi connectivity index (χ1v) is 23.0. The van der Waals surface area contributed by atoms with Crippen LogP contribution >= 0.6 is 0 Å².